The summed E-state index contributed by atoms with van der Waals surface area (Å²) in [4.78, 5) is 25.0. The van der Waals surface area contributed by atoms with Gasteiger partial charge in [0.25, 0.3) is 5.91 Å². The number of carbonyl (C=O) groups excluding carboxylic acids is 2. The van der Waals surface area contributed by atoms with Crippen LogP contribution >= 0.6 is 0 Å². The second kappa shape index (κ2) is 6.52. The molecule has 2 N–H and O–H groups in total. The van der Waals surface area contributed by atoms with E-state index in [4.69, 9.17) is 0 Å². The van der Waals surface area contributed by atoms with Crippen molar-refractivity contribution in [3.8, 4) is 0 Å². The number of nitrogens with one attached hydrogen (secondary N) is 2. The van der Waals surface area contributed by atoms with E-state index in [9.17, 15) is 9.59 Å². The van der Waals surface area contributed by atoms with Crippen molar-refractivity contribution in [3.05, 3.63) is 35.4 Å². The van der Waals surface area contributed by atoms with Crippen LogP contribution in [0.25, 0.3) is 0 Å². The van der Waals surface area contributed by atoms with Gasteiger partial charge in [0, 0.05) is 38.7 Å². The van der Waals surface area contributed by atoms with E-state index in [0.717, 1.165) is 25.1 Å². The van der Waals surface area contributed by atoms with Crippen molar-refractivity contribution in [2.45, 2.75) is 25.9 Å². The Kier molecular flexibility index (Phi) is 4.74. The van der Waals surface area contributed by atoms with Gasteiger partial charge in [-0.15, -0.1) is 0 Å². The lowest BCUT2D eigenvalue weighted by atomic mass is 10.1. The molecular formula is C15H21N3O2. The lowest BCUT2D eigenvalue weighted by Crippen LogP contribution is -2.38. The predicted molar refractivity (Wildman–Crippen MR) is 77.3 cm³/mol. The second-order valence-corrected chi connectivity index (χ2v) is 5.17. The van der Waals surface area contributed by atoms with Crippen LogP contribution in [0.2, 0.25) is 0 Å². The van der Waals surface area contributed by atoms with E-state index in [1.165, 1.54) is 6.92 Å². The molecular weight excluding hydrogens is 254 g/mol. The molecule has 0 aliphatic carbocycles. The fraction of sp³-hybridized carbons (Fsp3) is 0.467. The third-order valence-corrected chi connectivity index (χ3v) is 3.64. The lowest BCUT2D eigenvalue weighted by molar-refractivity contribution is -0.119. The van der Waals surface area contributed by atoms with Crippen LogP contribution in [0.4, 0.5) is 0 Å². The van der Waals surface area contributed by atoms with Crippen LogP contribution in [0.5, 0.6) is 0 Å². The molecule has 0 saturated carbocycles. The van der Waals surface area contributed by atoms with Gasteiger partial charge in [-0.3, -0.25) is 9.59 Å². The van der Waals surface area contributed by atoms with Gasteiger partial charge in [-0.25, -0.2) is 0 Å². The monoisotopic (exact) mass is 275 g/mol. The highest BCUT2D eigenvalue weighted by Gasteiger charge is 2.23. The molecule has 1 aromatic rings. The number of rotatable bonds is 4. The first-order valence-electron chi connectivity index (χ1n) is 6.89. The number of nitrogens with zero attached hydrogens (tertiary/aromatic N) is 1. The Labute approximate surface area is 119 Å². The summed E-state index contributed by atoms with van der Waals surface area (Å²) in [6.45, 7) is 3.81. The highest BCUT2D eigenvalue weighted by atomic mass is 16.2. The molecule has 2 rings (SSSR count). The minimum absolute atomic E-state index is 0.0461. The van der Waals surface area contributed by atoms with Crippen molar-refractivity contribution in [2.24, 2.45) is 0 Å². The van der Waals surface area contributed by atoms with E-state index in [0.29, 0.717) is 12.1 Å². The number of hydrogen-bond donors (Lipinski definition) is 2. The largest absolute Gasteiger partial charge is 0.352 e. The molecule has 5 heteroatoms. The average molecular weight is 275 g/mol. The van der Waals surface area contributed by atoms with E-state index in [1.807, 2.05) is 36.2 Å². The quantitative estimate of drug-likeness (QED) is 0.852. The molecule has 0 bridgehead atoms. The average Bonchev–Trinajstić information content (AvgIpc) is 2.98. The highest BCUT2D eigenvalue weighted by molar-refractivity contribution is 5.94. The molecule has 1 unspecified atom stereocenters. The van der Waals surface area contributed by atoms with Gasteiger partial charge in [-0.2, -0.15) is 0 Å². The lowest BCUT2D eigenvalue weighted by Gasteiger charge is -2.23. The molecule has 2 amide bonds. The van der Waals surface area contributed by atoms with Crippen LogP contribution < -0.4 is 10.6 Å². The summed E-state index contributed by atoms with van der Waals surface area (Å²) < 4.78 is 0. The summed E-state index contributed by atoms with van der Waals surface area (Å²) in [7, 11) is 1.85. The van der Waals surface area contributed by atoms with Gasteiger partial charge in [0.2, 0.25) is 5.91 Å². The number of likely N-dealkylation sites (N-methyl/N-ethyl adjacent to an activating group) is 1. The first-order chi connectivity index (χ1) is 9.58. The Morgan fingerprint density at radius 2 is 2.05 bits per heavy atom. The maximum absolute atomic E-state index is 12.3. The van der Waals surface area contributed by atoms with Crippen LogP contribution in [0, 0.1) is 0 Å². The summed E-state index contributed by atoms with van der Waals surface area (Å²) in [5.41, 5.74) is 1.67. The molecule has 0 radical (unpaired) electrons. The van der Waals surface area contributed by atoms with Crippen LogP contribution in [0.3, 0.4) is 0 Å². The Morgan fingerprint density at radius 1 is 1.35 bits per heavy atom. The SMILES string of the molecule is CC(=O)NCc1ccc(C(=O)N(C)C2CCNC2)cc1. The summed E-state index contributed by atoms with van der Waals surface area (Å²) in [6.07, 6.45) is 1.00. The van der Waals surface area contributed by atoms with E-state index in [1.54, 1.807) is 0 Å². The van der Waals surface area contributed by atoms with Crippen molar-refractivity contribution in [2.75, 3.05) is 20.1 Å². The predicted octanol–water partition coefficient (Wildman–Crippen LogP) is 0.757. The third kappa shape index (κ3) is 3.57. The van der Waals surface area contributed by atoms with Gasteiger partial charge in [0.05, 0.1) is 0 Å². The molecule has 0 aromatic heterocycles. The Balaban J connectivity index is 1.97. The minimum Gasteiger partial charge on any atom is -0.352 e. The van der Waals surface area contributed by atoms with Gasteiger partial charge < -0.3 is 15.5 Å². The van der Waals surface area contributed by atoms with Crippen molar-refractivity contribution >= 4 is 11.8 Å². The summed E-state index contributed by atoms with van der Waals surface area (Å²) >= 11 is 0. The van der Waals surface area contributed by atoms with Gasteiger partial charge in [0.15, 0.2) is 0 Å². The number of benzene rings is 1. The Morgan fingerprint density at radius 3 is 2.60 bits per heavy atom. The van der Waals surface area contributed by atoms with E-state index < -0.39 is 0 Å². The Hall–Kier alpha value is -1.88. The maximum Gasteiger partial charge on any atom is 0.253 e. The molecule has 20 heavy (non-hydrogen) atoms. The minimum atomic E-state index is -0.0568. The first-order valence-corrected chi connectivity index (χ1v) is 6.89. The molecule has 1 aliphatic rings. The number of hydrogen-bond acceptors (Lipinski definition) is 3. The summed E-state index contributed by atoms with van der Waals surface area (Å²) in [5.74, 6) is -0.0107. The molecule has 5 nitrogen and oxygen atoms in total. The fourth-order valence-electron chi connectivity index (χ4n) is 2.33. The summed E-state index contributed by atoms with van der Waals surface area (Å²) in [6, 6.07) is 7.67. The van der Waals surface area contributed by atoms with E-state index in [2.05, 4.69) is 10.6 Å². The van der Waals surface area contributed by atoms with Crippen LogP contribution in [-0.4, -0.2) is 42.9 Å². The normalized spacial score (nSPS) is 17.8. The van der Waals surface area contributed by atoms with Crippen LogP contribution in [0.15, 0.2) is 24.3 Å². The number of amides is 2. The van der Waals surface area contributed by atoms with Gasteiger partial charge in [0.1, 0.15) is 0 Å². The van der Waals surface area contributed by atoms with Gasteiger partial charge in [-0.1, -0.05) is 12.1 Å². The van der Waals surface area contributed by atoms with Crippen molar-refractivity contribution in [3.63, 3.8) is 0 Å². The maximum atomic E-state index is 12.3. The molecule has 1 atom stereocenters. The number of carbonyl (C=O) groups is 2. The molecule has 0 spiro atoms. The fourth-order valence-corrected chi connectivity index (χ4v) is 2.33. The van der Waals surface area contributed by atoms with Gasteiger partial charge >= 0.3 is 0 Å². The molecule has 1 aliphatic heterocycles. The van der Waals surface area contributed by atoms with Crippen molar-refractivity contribution in [1.29, 1.82) is 0 Å². The zero-order valence-corrected chi connectivity index (χ0v) is 12.0. The highest BCUT2D eigenvalue weighted by Crippen LogP contribution is 2.12. The molecule has 1 saturated heterocycles. The summed E-state index contributed by atoms with van der Waals surface area (Å²) in [5, 5.41) is 6.00. The molecule has 1 fully saturated rings. The van der Waals surface area contributed by atoms with Crippen molar-refractivity contribution in [1.82, 2.24) is 15.5 Å². The van der Waals surface area contributed by atoms with Crippen LogP contribution in [-0.2, 0) is 11.3 Å². The smallest absolute Gasteiger partial charge is 0.253 e. The standard InChI is InChI=1S/C15H21N3O2/c1-11(19)17-9-12-3-5-13(6-4-12)15(20)18(2)14-7-8-16-10-14/h3-6,14,16H,7-10H2,1-2H3,(H,17,19). The zero-order chi connectivity index (χ0) is 14.5. The topological polar surface area (TPSA) is 61.4 Å². The molecule has 1 aromatic carbocycles. The third-order valence-electron chi connectivity index (χ3n) is 3.64. The molecule has 1 heterocycles. The van der Waals surface area contributed by atoms with E-state index in [-0.39, 0.29) is 17.9 Å². The zero-order valence-electron chi connectivity index (χ0n) is 12.0. The Bertz CT molecular complexity index is 478. The first kappa shape index (κ1) is 14.5. The molecule has 108 valence electrons. The van der Waals surface area contributed by atoms with Gasteiger partial charge in [-0.05, 0) is 30.7 Å². The van der Waals surface area contributed by atoms with E-state index >= 15 is 0 Å². The second-order valence-electron chi connectivity index (χ2n) is 5.17. The van der Waals surface area contributed by atoms with Crippen molar-refractivity contribution < 1.29 is 9.59 Å². The van der Waals surface area contributed by atoms with Crippen LogP contribution in [0.1, 0.15) is 29.3 Å².